The van der Waals surface area contributed by atoms with Crippen LogP contribution in [-0.2, 0) is 0 Å². The fraction of sp³-hybridized carbons (Fsp3) is 0.182. The van der Waals surface area contributed by atoms with E-state index in [4.69, 9.17) is 0 Å². The largest absolute Gasteiger partial charge is 0.372 e. The van der Waals surface area contributed by atoms with Crippen molar-refractivity contribution in [2.45, 2.75) is 12.8 Å². The standard InChI is InChI=1S/C22H20F2N4O/c23-16-4-9-20(19(24)13-16)27-22(29)15-3-10-21(25-14-15)26-17-5-7-18(8-6-17)28-11-1-2-12-28/h3-10,13-14H,1-2,11-12H2,(H,25,26)(H,27,29). The van der Waals surface area contributed by atoms with Gasteiger partial charge >= 0.3 is 0 Å². The maximum Gasteiger partial charge on any atom is 0.257 e. The number of nitrogens with one attached hydrogen (secondary N) is 2. The van der Waals surface area contributed by atoms with Crippen LogP contribution in [0.4, 0.5) is 31.7 Å². The van der Waals surface area contributed by atoms with Crippen LogP contribution in [0.3, 0.4) is 0 Å². The predicted octanol–water partition coefficient (Wildman–Crippen LogP) is 4.96. The third-order valence-corrected chi connectivity index (χ3v) is 4.82. The Labute approximate surface area is 167 Å². The molecule has 3 aromatic rings. The molecule has 29 heavy (non-hydrogen) atoms. The van der Waals surface area contributed by atoms with Gasteiger partial charge in [-0.25, -0.2) is 13.8 Å². The predicted molar refractivity (Wildman–Crippen MR) is 110 cm³/mol. The fourth-order valence-corrected chi connectivity index (χ4v) is 3.27. The van der Waals surface area contributed by atoms with E-state index in [0.29, 0.717) is 5.82 Å². The summed E-state index contributed by atoms with van der Waals surface area (Å²) in [5.41, 5.74) is 2.28. The normalized spacial score (nSPS) is 13.4. The molecule has 1 fully saturated rings. The van der Waals surface area contributed by atoms with Crippen molar-refractivity contribution in [1.82, 2.24) is 4.98 Å². The maximum absolute atomic E-state index is 13.7. The monoisotopic (exact) mass is 394 g/mol. The molecule has 0 bridgehead atoms. The quantitative estimate of drug-likeness (QED) is 0.643. The lowest BCUT2D eigenvalue weighted by Gasteiger charge is -2.17. The molecule has 0 unspecified atom stereocenters. The second-order valence-electron chi connectivity index (χ2n) is 6.88. The number of nitrogens with zero attached hydrogens (tertiary/aromatic N) is 2. The molecule has 0 saturated carbocycles. The summed E-state index contributed by atoms with van der Waals surface area (Å²) in [7, 11) is 0. The van der Waals surface area contributed by atoms with Crippen molar-refractivity contribution >= 4 is 28.8 Å². The molecular weight excluding hydrogens is 374 g/mol. The number of carbonyl (C=O) groups excluding carboxylic acids is 1. The van der Waals surface area contributed by atoms with Crippen LogP contribution in [0.25, 0.3) is 0 Å². The number of aromatic nitrogens is 1. The third-order valence-electron chi connectivity index (χ3n) is 4.82. The van der Waals surface area contributed by atoms with Crippen LogP contribution in [0, 0.1) is 11.6 Å². The summed E-state index contributed by atoms with van der Waals surface area (Å²) in [5.74, 6) is -1.47. The molecule has 4 rings (SSSR count). The van der Waals surface area contributed by atoms with Gasteiger partial charge in [-0.15, -0.1) is 0 Å². The minimum atomic E-state index is -0.832. The molecule has 0 atom stereocenters. The van der Waals surface area contributed by atoms with Crippen LogP contribution in [-0.4, -0.2) is 24.0 Å². The van der Waals surface area contributed by atoms with Gasteiger partial charge in [0, 0.05) is 36.7 Å². The molecule has 0 spiro atoms. The van der Waals surface area contributed by atoms with E-state index in [0.717, 1.165) is 30.9 Å². The fourth-order valence-electron chi connectivity index (χ4n) is 3.27. The zero-order valence-electron chi connectivity index (χ0n) is 15.7. The van der Waals surface area contributed by atoms with Gasteiger partial charge in [-0.05, 0) is 61.4 Å². The van der Waals surface area contributed by atoms with Crippen molar-refractivity contribution in [3.8, 4) is 0 Å². The maximum atomic E-state index is 13.7. The molecule has 1 amide bonds. The molecule has 2 N–H and O–H groups in total. The van der Waals surface area contributed by atoms with Crippen LogP contribution in [0.5, 0.6) is 0 Å². The zero-order valence-corrected chi connectivity index (χ0v) is 15.7. The summed E-state index contributed by atoms with van der Waals surface area (Å²) in [6, 6.07) is 14.4. The number of anilines is 4. The first kappa shape index (κ1) is 18.9. The lowest BCUT2D eigenvalue weighted by molar-refractivity contribution is 0.102. The van der Waals surface area contributed by atoms with Crippen LogP contribution in [0.15, 0.2) is 60.8 Å². The molecule has 2 heterocycles. The Kier molecular flexibility index (Phi) is 5.37. The molecule has 1 saturated heterocycles. The second kappa shape index (κ2) is 8.26. The molecule has 7 heteroatoms. The van der Waals surface area contributed by atoms with Gasteiger partial charge in [0.05, 0.1) is 11.3 Å². The summed E-state index contributed by atoms with van der Waals surface area (Å²) in [6.45, 7) is 2.19. The van der Waals surface area contributed by atoms with E-state index in [1.165, 1.54) is 30.8 Å². The molecule has 1 aromatic heterocycles. The number of halogens is 2. The summed E-state index contributed by atoms with van der Waals surface area (Å²) >= 11 is 0. The Morgan fingerprint density at radius 1 is 0.966 bits per heavy atom. The topological polar surface area (TPSA) is 57.3 Å². The molecular formula is C22H20F2N4O. The Bertz CT molecular complexity index is 1000. The SMILES string of the molecule is O=C(Nc1ccc(F)cc1F)c1ccc(Nc2ccc(N3CCCC3)cc2)nc1. The number of hydrogen-bond donors (Lipinski definition) is 2. The highest BCUT2D eigenvalue weighted by Crippen LogP contribution is 2.23. The van der Waals surface area contributed by atoms with Crippen molar-refractivity contribution in [2.75, 3.05) is 28.6 Å². The number of benzene rings is 2. The van der Waals surface area contributed by atoms with Crippen molar-refractivity contribution in [3.63, 3.8) is 0 Å². The number of pyridine rings is 1. The van der Waals surface area contributed by atoms with Gasteiger partial charge in [0.1, 0.15) is 17.5 Å². The smallest absolute Gasteiger partial charge is 0.257 e. The van der Waals surface area contributed by atoms with E-state index in [9.17, 15) is 13.6 Å². The van der Waals surface area contributed by atoms with E-state index < -0.39 is 17.5 Å². The summed E-state index contributed by atoms with van der Waals surface area (Å²) in [6.07, 6.45) is 3.87. The highest BCUT2D eigenvalue weighted by Gasteiger charge is 2.13. The van der Waals surface area contributed by atoms with Gasteiger partial charge in [-0.3, -0.25) is 4.79 Å². The van der Waals surface area contributed by atoms with E-state index in [1.54, 1.807) is 12.1 Å². The van der Waals surface area contributed by atoms with E-state index in [1.807, 2.05) is 12.1 Å². The lowest BCUT2D eigenvalue weighted by Crippen LogP contribution is -2.17. The first-order valence-corrected chi connectivity index (χ1v) is 9.43. The Morgan fingerprint density at radius 2 is 1.72 bits per heavy atom. The van der Waals surface area contributed by atoms with Crippen LogP contribution in [0.2, 0.25) is 0 Å². The van der Waals surface area contributed by atoms with Gasteiger partial charge in [0.2, 0.25) is 0 Å². The lowest BCUT2D eigenvalue weighted by atomic mass is 10.2. The van der Waals surface area contributed by atoms with E-state index in [2.05, 4.69) is 32.7 Å². The van der Waals surface area contributed by atoms with Crippen molar-refractivity contribution < 1.29 is 13.6 Å². The third kappa shape index (κ3) is 4.51. The summed E-state index contributed by atoms with van der Waals surface area (Å²) in [4.78, 5) is 18.8. The highest BCUT2D eigenvalue weighted by atomic mass is 19.1. The number of rotatable bonds is 5. The average Bonchev–Trinajstić information content (AvgIpc) is 3.26. The van der Waals surface area contributed by atoms with Gasteiger partial charge in [-0.2, -0.15) is 0 Å². The summed E-state index contributed by atoms with van der Waals surface area (Å²) in [5, 5.41) is 5.60. The Balaban J connectivity index is 1.39. The van der Waals surface area contributed by atoms with Crippen molar-refractivity contribution in [3.05, 3.63) is 78.0 Å². The first-order valence-electron chi connectivity index (χ1n) is 9.43. The second-order valence-corrected chi connectivity index (χ2v) is 6.88. The molecule has 148 valence electrons. The van der Waals surface area contributed by atoms with Gasteiger partial charge < -0.3 is 15.5 Å². The molecule has 5 nitrogen and oxygen atoms in total. The Morgan fingerprint density at radius 3 is 2.38 bits per heavy atom. The number of amides is 1. The molecule has 0 radical (unpaired) electrons. The van der Waals surface area contributed by atoms with E-state index >= 15 is 0 Å². The Hall–Kier alpha value is -3.48. The molecule has 0 aliphatic carbocycles. The molecule has 1 aliphatic rings. The van der Waals surface area contributed by atoms with Gasteiger partial charge in [0.15, 0.2) is 0 Å². The van der Waals surface area contributed by atoms with Gasteiger partial charge in [0.25, 0.3) is 5.91 Å². The molecule has 2 aromatic carbocycles. The first-order chi connectivity index (χ1) is 14.1. The van der Waals surface area contributed by atoms with Crippen LogP contribution < -0.4 is 15.5 Å². The minimum Gasteiger partial charge on any atom is -0.372 e. The van der Waals surface area contributed by atoms with Crippen LogP contribution in [0.1, 0.15) is 23.2 Å². The zero-order chi connectivity index (χ0) is 20.2. The van der Waals surface area contributed by atoms with Crippen molar-refractivity contribution in [1.29, 1.82) is 0 Å². The van der Waals surface area contributed by atoms with Gasteiger partial charge in [-0.1, -0.05) is 0 Å². The number of hydrogen-bond acceptors (Lipinski definition) is 4. The highest BCUT2D eigenvalue weighted by molar-refractivity contribution is 6.04. The van der Waals surface area contributed by atoms with E-state index in [-0.39, 0.29) is 11.3 Å². The van der Waals surface area contributed by atoms with Crippen molar-refractivity contribution in [2.24, 2.45) is 0 Å². The average molecular weight is 394 g/mol. The number of carbonyl (C=O) groups is 1. The summed E-state index contributed by atoms with van der Waals surface area (Å²) < 4.78 is 26.6. The van der Waals surface area contributed by atoms with Crippen LogP contribution >= 0.6 is 0 Å². The molecule has 1 aliphatic heterocycles. The minimum absolute atomic E-state index is 0.0864.